The average Bonchev–Trinajstić information content (AvgIpc) is 2.76. The smallest absolute Gasteiger partial charge is 0.321 e. The molecule has 100 valence electrons. The number of hydrogen-bond acceptors (Lipinski definition) is 5. The summed E-state index contributed by atoms with van der Waals surface area (Å²) in [6.45, 7) is 2.70. The van der Waals surface area contributed by atoms with Crippen molar-refractivity contribution in [2.45, 2.75) is 26.2 Å². The number of carbonyl (C=O) groups is 2. The number of thiazole rings is 1. The number of hydrogen-bond donors (Lipinski definition) is 2. The first kappa shape index (κ1) is 14.4. The summed E-state index contributed by atoms with van der Waals surface area (Å²) in [5.41, 5.74) is 0.593. The van der Waals surface area contributed by atoms with Crippen molar-refractivity contribution in [1.82, 2.24) is 10.3 Å². The highest BCUT2D eigenvalue weighted by Crippen LogP contribution is 2.15. The number of urea groups is 1. The molecule has 0 spiro atoms. The van der Waals surface area contributed by atoms with Crippen LogP contribution in [0, 0.1) is 0 Å². The van der Waals surface area contributed by atoms with Gasteiger partial charge in [-0.1, -0.05) is 13.3 Å². The number of ether oxygens (including phenoxy) is 1. The molecule has 18 heavy (non-hydrogen) atoms. The molecule has 2 amide bonds. The first-order chi connectivity index (χ1) is 8.65. The minimum Gasteiger partial charge on any atom is -0.469 e. The van der Waals surface area contributed by atoms with Gasteiger partial charge in [0.25, 0.3) is 0 Å². The van der Waals surface area contributed by atoms with Gasteiger partial charge in [-0.25, -0.2) is 9.78 Å². The third kappa shape index (κ3) is 5.13. The fourth-order valence-electron chi connectivity index (χ4n) is 1.19. The summed E-state index contributed by atoms with van der Waals surface area (Å²) < 4.78 is 4.54. The monoisotopic (exact) mass is 271 g/mol. The fourth-order valence-corrected chi connectivity index (χ4v) is 1.89. The van der Waals surface area contributed by atoms with Crippen LogP contribution in [0.4, 0.5) is 9.93 Å². The van der Waals surface area contributed by atoms with E-state index >= 15 is 0 Å². The van der Waals surface area contributed by atoms with Crippen LogP contribution in [-0.2, 0) is 16.0 Å². The molecule has 1 aromatic heterocycles. The van der Waals surface area contributed by atoms with Crippen molar-refractivity contribution in [2.24, 2.45) is 0 Å². The van der Waals surface area contributed by atoms with Crippen LogP contribution >= 0.6 is 11.3 Å². The standard InChI is InChI=1S/C11H17N3O3S/c1-3-4-5-12-10(16)14-11-13-8(7-18-11)6-9(15)17-2/h7H,3-6H2,1-2H3,(H2,12,13,14,16). The van der Waals surface area contributed by atoms with Gasteiger partial charge < -0.3 is 10.1 Å². The van der Waals surface area contributed by atoms with Gasteiger partial charge >= 0.3 is 12.0 Å². The first-order valence-electron chi connectivity index (χ1n) is 5.71. The van der Waals surface area contributed by atoms with Crippen molar-refractivity contribution in [3.8, 4) is 0 Å². The number of methoxy groups -OCH3 is 1. The number of rotatable bonds is 6. The number of anilines is 1. The summed E-state index contributed by atoms with van der Waals surface area (Å²) in [5, 5.41) is 7.53. The largest absolute Gasteiger partial charge is 0.469 e. The van der Waals surface area contributed by atoms with E-state index in [0.29, 0.717) is 17.4 Å². The topological polar surface area (TPSA) is 80.3 Å². The predicted molar refractivity (Wildman–Crippen MR) is 69.8 cm³/mol. The van der Waals surface area contributed by atoms with Crippen LogP contribution in [0.15, 0.2) is 5.38 Å². The van der Waals surface area contributed by atoms with Crippen LogP contribution in [0.25, 0.3) is 0 Å². The lowest BCUT2D eigenvalue weighted by Gasteiger charge is -2.03. The molecular weight excluding hydrogens is 254 g/mol. The fraction of sp³-hybridized carbons (Fsp3) is 0.545. The summed E-state index contributed by atoms with van der Waals surface area (Å²) in [5.74, 6) is -0.348. The molecule has 7 heteroatoms. The number of nitrogens with one attached hydrogen (secondary N) is 2. The van der Waals surface area contributed by atoms with Crippen LogP contribution in [-0.4, -0.2) is 30.6 Å². The van der Waals surface area contributed by atoms with Crippen molar-refractivity contribution in [3.63, 3.8) is 0 Å². The molecule has 1 aromatic rings. The average molecular weight is 271 g/mol. The molecule has 0 aliphatic heterocycles. The Morgan fingerprint density at radius 1 is 1.50 bits per heavy atom. The molecule has 0 atom stereocenters. The van der Waals surface area contributed by atoms with Gasteiger partial charge in [0.1, 0.15) is 0 Å². The van der Waals surface area contributed by atoms with E-state index in [1.165, 1.54) is 18.4 Å². The second-order valence-corrected chi connectivity index (χ2v) is 4.49. The maximum Gasteiger partial charge on any atom is 0.321 e. The van der Waals surface area contributed by atoms with E-state index in [0.717, 1.165) is 12.8 Å². The lowest BCUT2D eigenvalue weighted by molar-refractivity contribution is -0.139. The molecule has 0 aliphatic rings. The van der Waals surface area contributed by atoms with Crippen molar-refractivity contribution in [3.05, 3.63) is 11.1 Å². The summed E-state index contributed by atoms with van der Waals surface area (Å²) in [4.78, 5) is 26.6. The van der Waals surface area contributed by atoms with Crippen molar-refractivity contribution in [1.29, 1.82) is 0 Å². The number of nitrogens with zero attached hydrogens (tertiary/aromatic N) is 1. The highest BCUT2D eigenvalue weighted by molar-refractivity contribution is 7.13. The van der Waals surface area contributed by atoms with Gasteiger partial charge in [-0.15, -0.1) is 11.3 Å². The summed E-state index contributed by atoms with van der Waals surface area (Å²) >= 11 is 1.28. The Bertz CT molecular complexity index is 406. The molecule has 2 N–H and O–H groups in total. The van der Waals surface area contributed by atoms with Gasteiger partial charge in [-0.05, 0) is 6.42 Å². The number of esters is 1. The zero-order chi connectivity index (χ0) is 13.4. The van der Waals surface area contributed by atoms with Crippen LogP contribution in [0.1, 0.15) is 25.5 Å². The maximum atomic E-state index is 11.4. The lowest BCUT2D eigenvalue weighted by Crippen LogP contribution is -2.29. The van der Waals surface area contributed by atoms with Gasteiger partial charge in [-0.3, -0.25) is 10.1 Å². The summed E-state index contributed by atoms with van der Waals surface area (Å²) in [7, 11) is 1.33. The second kappa shape index (κ2) is 7.65. The number of aromatic nitrogens is 1. The maximum absolute atomic E-state index is 11.4. The molecule has 0 fully saturated rings. The number of carbonyl (C=O) groups excluding carboxylic acids is 2. The molecule has 6 nitrogen and oxygen atoms in total. The first-order valence-corrected chi connectivity index (χ1v) is 6.59. The number of amides is 2. The third-order valence-electron chi connectivity index (χ3n) is 2.14. The predicted octanol–water partition coefficient (Wildman–Crippen LogP) is 1.78. The van der Waals surface area contributed by atoms with Gasteiger partial charge in [0.05, 0.1) is 19.2 Å². The molecule has 0 radical (unpaired) electrons. The SMILES string of the molecule is CCCCNC(=O)Nc1nc(CC(=O)OC)cs1. The molecule has 0 saturated carbocycles. The summed E-state index contributed by atoms with van der Waals surface area (Å²) in [6, 6.07) is -0.276. The van der Waals surface area contributed by atoms with Crippen LogP contribution in [0.2, 0.25) is 0 Å². The van der Waals surface area contributed by atoms with Crippen LogP contribution < -0.4 is 10.6 Å². The Morgan fingerprint density at radius 3 is 2.94 bits per heavy atom. The Morgan fingerprint density at radius 2 is 2.28 bits per heavy atom. The van der Waals surface area contributed by atoms with Gasteiger partial charge in [-0.2, -0.15) is 0 Å². The second-order valence-electron chi connectivity index (χ2n) is 3.63. The van der Waals surface area contributed by atoms with E-state index in [1.807, 2.05) is 0 Å². The van der Waals surface area contributed by atoms with E-state index < -0.39 is 0 Å². The van der Waals surface area contributed by atoms with Crippen molar-refractivity contribution < 1.29 is 14.3 Å². The molecule has 0 bridgehead atoms. The summed E-state index contributed by atoms with van der Waals surface area (Å²) in [6.07, 6.45) is 2.09. The molecule has 1 heterocycles. The zero-order valence-corrected chi connectivity index (χ0v) is 11.3. The third-order valence-corrected chi connectivity index (χ3v) is 2.95. The highest BCUT2D eigenvalue weighted by Gasteiger charge is 2.09. The molecule has 0 aromatic carbocycles. The Hall–Kier alpha value is -1.63. The normalized spacial score (nSPS) is 9.89. The quantitative estimate of drug-likeness (QED) is 0.610. The molecule has 0 aliphatic carbocycles. The number of unbranched alkanes of at least 4 members (excludes halogenated alkanes) is 1. The Labute approximate surface area is 110 Å². The van der Waals surface area contributed by atoms with E-state index in [-0.39, 0.29) is 18.4 Å². The van der Waals surface area contributed by atoms with Gasteiger partial charge in [0.2, 0.25) is 0 Å². The molecular formula is C11H17N3O3S. The van der Waals surface area contributed by atoms with Gasteiger partial charge in [0.15, 0.2) is 5.13 Å². The van der Waals surface area contributed by atoms with Gasteiger partial charge in [0, 0.05) is 11.9 Å². The highest BCUT2D eigenvalue weighted by atomic mass is 32.1. The van der Waals surface area contributed by atoms with E-state index in [1.54, 1.807) is 5.38 Å². The van der Waals surface area contributed by atoms with Crippen molar-refractivity contribution in [2.75, 3.05) is 19.0 Å². The molecule has 1 rings (SSSR count). The van der Waals surface area contributed by atoms with Crippen LogP contribution in [0.5, 0.6) is 0 Å². The Balaban J connectivity index is 2.38. The van der Waals surface area contributed by atoms with Crippen molar-refractivity contribution >= 4 is 28.5 Å². The molecule has 0 saturated heterocycles. The van der Waals surface area contributed by atoms with Crippen LogP contribution in [0.3, 0.4) is 0 Å². The van der Waals surface area contributed by atoms with E-state index in [2.05, 4.69) is 27.3 Å². The minimum absolute atomic E-state index is 0.117. The zero-order valence-electron chi connectivity index (χ0n) is 10.5. The Kier molecular flexibility index (Phi) is 6.13. The molecule has 0 unspecified atom stereocenters. The van der Waals surface area contributed by atoms with E-state index in [9.17, 15) is 9.59 Å². The van der Waals surface area contributed by atoms with E-state index in [4.69, 9.17) is 0 Å². The lowest BCUT2D eigenvalue weighted by atomic mass is 10.3. The minimum atomic E-state index is -0.348.